The maximum atomic E-state index is 12.7. The molecule has 20 heavy (non-hydrogen) atoms. The first-order chi connectivity index (χ1) is 9.47. The number of carbonyl (C=O) groups is 1. The van der Waals surface area contributed by atoms with Crippen LogP contribution in [0.15, 0.2) is 0 Å². The number of nitrogens with one attached hydrogen (secondary N) is 1. The molecule has 1 heterocycles. The number of ether oxygens (including phenoxy) is 1. The van der Waals surface area contributed by atoms with Crippen molar-refractivity contribution in [1.82, 2.24) is 10.2 Å². The van der Waals surface area contributed by atoms with Crippen LogP contribution < -0.4 is 5.32 Å². The number of nitrogens with zero attached hydrogens (tertiary/aromatic N) is 1. The Morgan fingerprint density at radius 1 is 1.35 bits per heavy atom. The van der Waals surface area contributed by atoms with Crippen LogP contribution in [0.25, 0.3) is 0 Å². The zero-order chi connectivity index (χ0) is 14.9. The molecule has 1 saturated carbocycles. The van der Waals surface area contributed by atoms with Gasteiger partial charge in [0, 0.05) is 18.1 Å². The molecule has 2 aliphatic rings. The van der Waals surface area contributed by atoms with Gasteiger partial charge in [0.2, 0.25) is 5.91 Å². The first-order valence-electron chi connectivity index (χ1n) is 8.17. The van der Waals surface area contributed by atoms with Gasteiger partial charge in [0.15, 0.2) is 0 Å². The van der Waals surface area contributed by atoms with Crippen molar-refractivity contribution >= 4 is 5.91 Å². The third kappa shape index (κ3) is 2.48. The molecule has 4 unspecified atom stereocenters. The van der Waals surface area contributed by atoms with Gasteiger partial charge in [-0.3, -0.25) is 10.1 Å². The van der Waals surface area contributed by atoms with Crippen molar-refractivity contribution < 1.29 is 9.53 Å². The topological polar surface area (TPSA) is 41.6 Å². The van der Waals surface area contributed by atoms with E-state index in [4.69, 9.17) is 4.74 Å². The summed E-state index contributed by atoms with van der Waals surface area (Å²) in [5.74, 6) is 0.298. The fourth-order valence-electron chi connectivity index (χ4n) is 3.72. The molecule has 0 radical (unpaired) electrons. The fourth-order valence-corrected chi connectivity index (χ4v) is 3.72. The minimum Gasteiger partial charge on any atom is -0.378 e. The first-order valence-corrected chi connectivity index (χ1v) is 8.17. The van der Waals surface area contributed by atoms with Gasteiger partial charge < -0.3 is 9.64 Å². The van der Waals surface area contributed by atoms with E-state index in [1.54, 1.807) is 0 Å². The summed E-state index contributed by atoms with van der Waals surface area (Å²) in [6, 6.07) is 0.331. The second-order valence-corrected chi connectivity index (χ2v) is 6.69. The van der Waals surface area contributed by atoms with Crippen LogP contribution in [-0.2, 0) is 9.53 Å². The van der Waals surface area contributed by atoms with Gasteiger partial charge >= 0.3 is 0 Å². The molecule has 0 aromatic rings. The quantitative estimate of drug-likeness (QED) is 0.814. The second kappa shape index (κ2) is 6.02. The van der Waals surface area contributed by atoms with E-state index >= 15 is 0 Å². The van der Waals surface area contributed by atoms with Gasteiger partial charge in [-0.05, 0) is 26.2 Å². The van der Waals surface area contributed by atoms with Crippen LogP contribution in [0.1, 0.15) is 60.3 Å². The summed E-state index contributed by atoms with van der Waals surface area (Å²) in [5, 5.41) is 3.51. The van der Waals surface area contributed by atoms with Gasteiger partial charge in [0.1, 0.15) is 0 Å². The normalized spacial score (nSPS) is 36.2. The molecule has 4 nitrogen and oxygen atoms in total. The standard InChI is InChI=1S/C16H30N2O2/c1-6-9-11-15(19)18(14(7-2)17-11)12-10-13(20-8-3)16(12,4)5/h11-14,17H,6-10H2,1-5H3. The molecule has 1 aliphatic heterocycles. The van der Waals surface area contributed by atoms with Gasteiger partial charge in [-0.25, -0.2) is 0 Å². The number of amides is 1. The molecule has 1 aliphatic carbocycles. The highest BCUT2D eigenvalue weighted by atomic mass is 16.5. The highest BCUT2D eigenvalue weighted by molar-refractivity contribution is 5.84. The number of hydrogen-bond acceptors (Lipinski definition) is 3. The Labute approximate surface area is 123 Å². The SMILES string of the molecule is CCCC1NC(CC)N(C2CC(OCC)C2(C)C)C1=O. The van der Waals surface area contributed by atoms with E-state index in [1.165, 1.54) is 0 Å². The molecule has 116 valence electrons. The third-order valence-corrected chi connectivity index (χ3v) is 5.08. The molecule has 1 N–H and O–H groups in total. The van der Waals surface area contributed by atoms with Crippen LogP contribution in [0.5, 0.6) is 0 Å². The van der Waals surface area contributed by atoms with E-state index in [-0.39, 0.29) is 23.7 Å². The van der Waals surface area contributed by atoms with Crippen molar-refractivity contribution in [2.75, 3.05) is 6.61 Å². The lowest BCUT2D eigenvalue weighted by atomic mass is 9.63. The largest absolute Gasteiger partial charge is 0.378 e. The van der Waals surface area contributed by atoms with E-state index in [0.29, 0.717) is 11.9 Å². The van der Waals surface area contributed by atoms with Gasteiger partial charge in [0.05, 0.1) is 18.3 Å². The molecule has 0 bridgehead atoms. The molecule has 2 fully saturated rings. The van der Waals surface area contributed by atoms with E-state index in [1.807, 2.05) is 6.92 Å². The molecule has 4 atom stereocenters. The Bertz CT molecular complexity index is 356. The lowest BCUT2D eigenvalue weighted by Crippen LogP contribution is -2.64. The summed E-state index contributed by atoms with van der Waals surface area (Å²) < 4.78 is 5.80. The summed E-state index contributed by atoms with van der Waals surface area (Å²) in [5.41, 5.74) is 0.0574. The minimum absolute atomic E-state index is 0.0203. The average Bonchev–Trinajstić information content (AvgIpc) is 2.71. The van der Waals surface area contributed by atoms with Crippen LogP contribution in [0.4, 0.5) is 0 Å². The lowest BCUT2D eigenvalue weighted by molar-refractivity contribution is -0.168. The molecule has 2 rings (SSSR count). The van der Waals surface area contributed by atoms with Crippen molar-refractivity contribution in [3.8, 4) is 0 Å². The van der Waals surface area contributed by atoms with Crippen molar-refractivity contribution in [3.05, 3.63) is 0 Å². The van der Waals surface area contributed by atoms with E-state index in [9.17, 15) is 4.79 Å². The van der Waals surface area contributed by atoms with Crippen molar-refractivity contribution in [1.29, 1.82) is 0 Å². The number of hydrogen-bond donors (Lipinski definition) is 1. The predicted octanol–water partition coefficient (Wildman–Crippen LogP) is 2.53. The molecule has 0 spiro atoms. The highest BCUT2D eigenvalue weighted by Crippen LogP contribution is 2.47. The molecule has 0 aromatic heterocycles. The Morgan fingerprint density at radius 3 is 2.55 bits per heavy atom. The zero-order valence-electron chi connectivity index (χ0n) is 13.6. The molecule has 1 amide bonds. The van der Waals surface area contributed by atoms with Crippen LogP contribution >= 0.6 is 0 Å². The Kier molecular flexibility index (Phi) is 4.75. The first kappa shape index (κ1) is 15.8. The number of rotatable bonds is 6. The minimum atomic E-state index is 0.0203. The van der Waals surface area contributed by atoms with Crippen LogP contribution in [0.2, 0.25) is 0 Å². The third-order valence-electron chi connectivity index (χ3n) is 5.08. The summed E-state index contributed by atoms with van der Waals surface area (Å²) in [4.78, 5) is 14.8. The second-order valence-electron chi connectivity index (χ2n) is 6.69. The molecule has 4 heteroatoms. The van der Waals surface area contributed by atoms with Crippen molar-refractivity contribution in [3.63, 3.8) is 0 Å². The molecule has 1 saturated heterocycles. The maximum absolute atomic E-state index is 12.7. The van der Waals surface area contributed by atoms with Gasteiger partial charge in [-0.2, -0.15) is 0 Å². The predicted molar refractivity (Wildman–Crippen MR) is 80.4 cm³/mol. The summed E-state index contributed by atoms with van der Waals surface area (Å²) in [6.07, 6.45) is 4.41. The monoisotopic (exact) mass is 282 g/mol. The van der Waals surface area contributed by atoms with Gasteiger partial charge in [-0.1, -0.05) is 34.1 Å². The lowest BCUT2D eigenvalue weighted by Gasteiger charge is -2.55. The molecule has 0 aromatic carbocycles. The fraction of sp³-hybridized carbons (Fsp3) is 0.938. The zero-order valence-corrected chi connectivity index (χ0v) is 13.6. The molecular weight excluding hydrogens is 252 g/mol. The summed E-state index contributed by atoms with van der Waals surface area (Å²) in [7, 11) is 0. The summed E-state index contributed by atoms with van der Waals surface area (Å²) >= 11 is 0. The average molecular weight is 282 g/mol. The van der Waals surface area contributed by atoms with Crippen LogP contribution in [0.3, 0.4) is 0 Å². The summed E-state index contributed by atoms with van der Waals surface area (Å²) in [6.45, 7) is 11.5. The van der Waals surface area contributed by atoms with E-state index < -0.39 is 0 Å². The maximum Gasteiger partial charge on any atom is 0.241 e. The Morgan fingerprint density at radius 2 is 2.05 bits per heavy atom. The van der Waals surface area contributed by atoms with Crippen LogP contribution in [0, 0.1) is 5.41 Å². The van der Waals surface area contributed by atoms with Gasteiger partial charge in [0.25, 0.3) is 0 Å². The smallest absolute Gasteiger partial charge is 0.241 e. The van der Waals surface area contributed by atoms with Crippen molar-refractivity contribution in [2.24, 2.45) is 5.41 Å². The van der Waals surface area contributed by atoms with Crippen LogP contribution in [-0.4, -0.2) is 41.8 Å². The molecular formula is C16H30N2O2. The Hall–Kier alpha value is -0.610. The van der Waals surface area contributed by atoms with E-state index in [2.05, 4.69) is 37.9 Å². The van der Waals surface area contributed by atoms with E-state index in [0.717, 1.165) is 32.3 Å². The van der Waals surface area contributed by atoms with Gasteiger partial charge in [-0.15, -0.1) is 0 Å². The Balaban J connectivity index is 2.09. The number of carbonyl (C=O) groups excluding carboxylic acids is 1. The highest BCUT2D eigenvalue weighted by Gasteiger charge is 2.56. The van der Waals surface area contributed by atoms with Crippen molar-refractivity contribution in [2.45, 2.75) is 84.7 Å².